The van der Waals surface area contributed by atoms with Gasteiger partial charge in [-0.05, 0) is 19.8 Å². The van der Waals surface area contributed by atoms with Gasteiger partial charge >= 0.3 is 6.03 Å². The fourth-order valence-corrected chi connectivity index (χ4v) is 2.37. The van der Waals surface area contributed by atoms with Gasteiger partial charge < -0.3 is 32.7 Å². The van der Waals surface area contributed by atoms with Gasteiger partial charge in [0.2, 0.25) is 11.9 Å². The van der Waals surface area contributed by atoms with Gasteiger partial charge in [-0.3, -0.25) is 20.3 Å². The SMILES string of the molecule is CN(C(=O)C[C@@H](N)CCCNC(=N)N)[C@]1(C)CNC(NC(N)=O)=NC1=O. The number of amides is 4. The third kappa shape index (κ3) is 5.88. The van der Waals surface area contributed by atoms with E-state index in [9.17, 15) is 14.4 Å². The number of nitrogens with two attached hydrogens (primary N) is 3. The van der Waals surface area contributed by atoms with Crippen molar-refractivity contribution in [1.82, 2.24) is 20.9 Å². The Bertz CT molecular complexity index is 606. The van der Waals surface area contributed by atoms with Crippen LogP contribution < -0.4 is 33.2 Å². The molecule has 0 aromatic carbocycles. The summed E-state index contributed by atoms with van der Waals surface area (Å²) in [4.78, 5) is 40.6. The Kier molecular flexibility index (Phi) is 7.31. The maximum Gasteiger partial charge on any atom is 0.318 e. The van der Waals surface area contributed by atoms with Gasteiger partial charge in [0.15, 0.2) is 5.96 Å². The van der Waals surface area contributed by atoms with E-state index in [1.54, 1.807) is 6.92 Å². The van der Waals surface area contributed by atoms with Crippen LogP contribution in [-0.2, 0) is 9.59 Å². The molecule has 0 fully saturated rings. The van der Waals surface area contributed by atoms with Crippen molar-refractivity contribution in [2.24, 2.45) is 22.2 Å². The Morgan fingerprint density at radius 2 is 2.12 bits per heavy atom. The highest BCUT2D eigenvalue weighted by molar-refractivity contribution is 6.06. The summed E-state index contributed by atoms with van der Waals surface area (Å²) in [6.07, 6.45) is 1.28. The fraction of sp³-hybridized carbons (Fsp3) is 0.643. The zero-order valence-electron chi connectivity index (χ0n) is 15.0. The summed E-state index contributed by atoms with van der Waals surface area (Å²) in [6, 6.07) is -1.23. The highest BCUT2D eigenvalue weighted by atomic mass is 16.2. The Morgan fingerprint density at radius 3 is 2.65 bits per heavy atom. The largest absolute Gasteiger partial charge is 0.370 e. The minimum absolute atomic E-state index is 0.0458. The number of primary amides is 1. The van der Waals surface area contributed by atoms with E-state index >= 15 is 0 Å². The van der Waals surface area contributed by atoms with E-state index in [2.05, 4.69) is 20.9 Å². The van der Waals surface area contributed by atoms with E-state index in [0.29, 0.717) is 19.4 Å². The van der Waals surface area contributed by atoms with Crippen molar-refractivity contribution in [2.75, 3.05) is 20.1 Å². The average Bonchev–Trinajstić information content (AvgIpc) is 2.53. The molecule has 12 nitrogen and oxygen atoms in total. The number of rotatable bonds is 7. The molecule has 0 aromatic rings. The molecule has 0 saturated carbocycles. The second-order valence-corrected chi connectivity index (χ2v) is 6.28. The molecule has 26 heavy (non-hydrogen) atoms. The van der Waals surface area contributed by atoms with Crippen LogP contribution in [0, 0.1) is 5.41 Å². The highest BCUT2D eigenvalue weighted by Crippen LogP contribution is 2.19. The minimum atomic E-state index is -1.20. The first-order valence-corrected chi connectivity index (χ1v) is 8.10. The number of urea groups is 1. The predicted molar refractivity (Wildman–Crippen MR) is 96.1 cm³/mol. The molecule has 0 saturated heterocycles. The topological polar surface area (TPSA) is 205 Å². The van der Waals surface area contributed by atoms with Crippen molar-refractivity contribution >= 4 is 29.8 Å². The molecule has 1 aliphatic rings. The van der Waals surface area contributed by atoms with Gasteiger partial charge in [0.05, 0.1) is 0 Å². The van der Waals surface area contributed by atoms with Gasteiger partial charge in [0.1, 0.15) is 5.54 Å². The zero-order valence-corrected chi connectivity index (χ0v) is 15.0. The number of carbonyl (C=O) groups is 3. The second-order valence-electron chi connectivity index (χ2n) is 6.28. The minimum Gasteiger partial charge on any atom is -0.370 e. The Labute approximate surface area is 151 Å². The summed E-state index contributed by atoms with van der Waals surface area (Å²) in [5, 5.41) is 14.7. The van der Waals surface area contributed by atoms with Gasteiger partial charge in [0, 0.05) is 32.6 Å². The van der Waals surface area contributed by atoms with E-state index in [4.69, 9.17) is 22.6 Å². The van der Waals surface area contributed by atoms with Gasteiger partial charge in [-0.25, -0.2) is 4.79 Å². The van der Waals surface area contributed by atoms with Crippen molar-refractivity contribution in [2.45, 2.75) is 37.8 Å². The van der Waals surface area contributed by atoms with Crippen molar-refractivity contribution in [3.63, 3.8) is 0 Å². The van der Waals surface area contributed by atoms with E-state index in [1.807, 2.05) is 0 Å². The third-order valence-electron chi connectivity index (χ3n) is 4.13. The lowest BCUT2D eigenvalue weighted by Gasteiger charge is -2.39. The Balaban J connectivity index is 2.59. The van der Waals surface area contributed by atoms with Crippen LogP contribution in [-0.4, -0.2) is 66.4 Å². The third-order valence-corrected chi connectivity index (χ3v) is 4.13. The Hall–Kier alpha value is -2.89. The normalized spacial score (nSPS) is 20.4. The van der Waals surface area contributed by atoms with E-state index in [1.165, 1.54) is 11.9 Å². The summed E-state index contributed by atoms with van der Waals surface area (Å²) in [5.41, 5.74) is 14.9. The zero-order chi connectivity index (χ0) is 19.9. The molecule has 1 rings (SSSR count). The van der Waals surface area contributed by atoms with Crippen molar-refractivity contribution in [3.05, 3.63) is 0 Å². The van der Waals surface area contributed by atoms with Crippen LogP contribution in [0.1, 0.15) is 26.2 Å². The quantitative estimate of drug-likeness (QED) is 0.144. The molecule has 0 spiro atoms. The lowest BCUT2D eigenvalue weighted by molar-refractivity contribution is -0.143. The molecular formula is C14H27N9O3. The molecule has 1 aliphatic heterocycles. The van der Waals surface area contributed by atoms with Crippen LogP contribution in [0.25, 0.3) is 0 Å². The van der Waals surface area contributed by atoms with Crippen molar-refractivity contribution in [1.29, 1.82) is 5.41 Å². The summed E-state index contributed by atoms with van der Waals surface area (Å²) >= 11 is 0. The molecule has 4 amide bonds. The number of likely N-dealkylation sites (N-methyl/N-ethyl adjacent to an activating group) is 1. The highest BCUT2D eigenvalue weighted by Gasteiger charge is 2.43. The number of carbonyl (C=O) groups excluding carboxylic acids is 3. The first kappa shape index (κ1) is 21.2. The van der Waals surface area contributed by atoms with Gasteiger partial charge in [-0.1, -0.05) is 0 Å². The molecule has 0 radical (unpaired) electrons. The fourth-order valence-electron chi connectivity index (χ4n) is 2.37. The van der Waals surface area contributed by atoms with Gasteiger partial charge in [-0.15, -0.1) is 0 Å². The smallest absolute Gasteiger partial charge is 0.318 e. The van der Waals surface area contributed by atoms with Crippen LogP contribution in [0.5, 0.6) is 0 Å². The van der Waals surface area contributed by atoms with E-state index in [-0.39, 0.29) is 36.8 Å². The summed E-state index contributed by atoms with van der Waals surface area (Å²) in [6.45, 7) is 2.15. The van der Waals surface area contributed by atoms with Crippen LogP contribution in [0.4, 0.5) is 4.79 Å². The summed E-state index contributed by atoms with van der Waals surface area (Å²) in [7, 11) is 1.51. The number of nitrogens with zero attached hydrogens (tertiary/aromatic N) is 2. The molecule has 10 N–H and O–H groups in total. The maximum atomic E-state index is 12.5. The van der Waals surface area contributed by atoms with Gasteiger partial charge in [-0.2, -0.15) is 4.99 Å². The van der Waals surface area contributed by atoms with Crippen LogP contribution in [0.2, 0.25) is 0 Å². The first-order chi connectivity index (χ1) is 12.1. The molecule has 12 heteroatoms. The van der Waals surface area contributed by atoms with Crippen molar-refractivity contribution < 1.29 is 14.4 Å². The molecule has 0 unspecified atom stereocenters. The number of hydrogen-bond donors (Lipinski definition) is 7. The molecule has 1 heterocycles. The lowest BCUT2D eigenvalue weighted by atomic mass is 9.96. The van der Waals surface area contributed by atoms with E-state index in [0.717, 1.165) is 0 Å². The lowest BCUT2D eigenvalue weighted by Crippen LogP contribution is -2.64. The van der Waals surface area contributed by atoms with Crippen LogP contribution in [0.15, 0.2) is 4.99 Å². The van der Waals surface area contributed by atoms with Crippen molar-refractivity contribution in [3.8, 4) is 0 Å². The number of nitrogens with one attached hydrogen (secondary N) is 4. The summed E-state index contributed by atoms with van der Waals surface area (Å²) < 4.78 is 0. The monoisotopic (exact) mass is 369 g/mol. The van der Waals surface area contributed by atoms with Crippen LogP contribution >= 0.6 is 0 Å². The maximum absolute atomic E-state index is 12.5. The molecular weight excluding hydrogens is 342 g/mol. The summed E-state index contributed by atoms with van der Waals surface area (Å²) in [5.74, 6) is -1.03. The average molecular weight is 369 g/mol. The molecule has 0 aliphatic carbocycles. The predicted octanol–water partition coefficient (Wildman–Crippen LogP) is -2.66. The molecule has 0 aromatic heterocycles. The van der Waals surface area contributed by atoms with Crippen LogP contribution in [0.3, 0.4) is 0 Å². The van der Waals surface area contributed by atoms with Gasteiger partial charge in [0.25, 0.3) is 5.91 Å². The molecule has 146 valence electrons. The first-order valence-electron chi connectivity index (χ1n) is 8.10. The Morgan fingerprint density at radius 1 is 1.46 bits per heavy atom. The molecule has 0 bridgehead atoms. The van der Waals surface area contributed by atoms with E-state index < -0.39 is 17.5 Å². The number of hydrogen-bond acceptors (Lipinski definition) is 6. The second kappa shape index (κ2) is 8.99. The number of guanidine groups is 2. The standard InChI is InChI=1S/C14H27N9O3/c1-14(7-20-13(21-10(14)25)22-12(18)26)23(2)9(24)6-8(15)4-3-5-19-11(16)17/h8H,3-7,15H2,1-2H3,(H4,16,17,19)(H4,18,20,21,22,25,26)/t8-,14+/m0/s1. The number of aliphatic imine (C=N–C) groups is 1. The molecule has 2 atom stereocenters.